The summed E-state index contributed by atoms with van der Waals surface area (Å²) in [5.41, 5.74) is 2.82. The minimum absolute atomic E-state index is 0.0470. The first-order valence-corrected chi connectivity index (χ1v) is 14.1. The Morgan fingerprint density at radius 1 is 1.12 bits per heavy atom. The Kier molecular flexibility index (Phi) is 8.09. The number of carbonyl (C=O) groups is 1. The van der Waals surface area contributed by atoms with Crippen molar-refractivity contribution in [1.29, 1.82) is 0 Å². The van der Waals surface area contributed by atoms with Gasteiger partial charge in [0.15, 0.2) is 5.82 Å². The summed E-state index contributed by atoms with van der Waals surface area (Å²) in [6.45, 7) is 15.4. The molecule has 2 aliphatic heterocycles. The van der Waals surface area contributed by atoms with Crippen LogP contribution in [-0.4, -0.2) is 86.3 Å². The highest BCUT2D eigenvalue weighted by Crippen LogP contribution is 2.36. The van der Waals surface area contributed by atoms with Crippen molar-refractivity contribution in [2.75, 3.05) is 43.1 Å². The van der Waals surface area contributed by atoms with Gasteiger partial charge in [0.05, 0.1) is 31.8 Å². The number of aryl methyl sites for hydroxylation is 1. The number of hydrogen-bond donors (Lipinski definition) is 1. The van der Waals surface area contributed by atoms with Gasteiger partial charge in [0.1, 0.15) is 28.1 Å². The Morgan fingerprint density at radius 2 is 1.93 bits per heavy atom. The third-order valence-electron chi connectivity index (χ3n) is 7.03. The maximum Gasteiger partial charge on any atom is 0.410 e. The number of nitrogens with one attached hydrogen (secondary N) is 1. The van der Waals surface area contributed by atoms with Gasteiger partial charge in [0.2, 0.25) is 5.95 Å². The van der Waals surface area contributed by atoms with E-state index in [0.717, 1.165) is 28.7 Å². The van der Waals surface area contributed by atoms with Crippen molar-refractivity contribution < 1.29 is 19.0 Å². The van der Waals surface area contributed by atoms with Crippen LogP contribution in [0.15, 0.2) is 18.3 Å². The number of rotatable bonds is 10. The Morgan fingerprint density at radius 3 is 2.60 bits per heavy atom. The highest BCUT2D eigenvalue weighted by molar-refractivity contribution is 5.90. The molecule has 0 spiro atoms. The van der Waals surface area contributed by atoms with E-state index in [2.05, 4.69) is 15.2 Å². The highest BCUT2D eigenvalue weighted by Gasteiger charge is 2.47. The second-order valence-corrected chi connectivity index (χ2v) is 11.2. The molecule has 3 aromatic heterocycles. The molecule has 12 heteroatoms. The lowest BCUT2D eigenvalue weighted by molar-refractivity contribution is 0.0214. The first-order valence-electron chi connectivity index (χ1n) is 14.1. The standard InChI is InChI=1S/C28H40N8O4/c1-7-38-12-11-36-24-23(21(33-36)17-39-8-2)31-26(32-25(24)30-22-13-18(3)9-10-29-22)34-15-20-14-19(34)16-35(20)27(37)40-28(4,5)6/h9-10,13,19-20H,7-8,11-12,14-17H2,1-6H3,(H,29,30,31,32)/t19-,20-/m1/s1. The lowest BCUT2D eigenvalue weighted by Crippen LogP contribution is -2.50. The number of carbonyl (C=O) groups excluding carboxylic acids is 1. The third kappa shape index (κ3) is 5.97. The molecule has 2 fully saturated rings. The van der Waals surface area contributed by atoms with Crippen LogP contribution in [0.2, 0.25) is 0 Å². The lowest BCUT2D eigenvalue weighted by Gasteiger charge is -2.35. The molecule has 2 bridgehead atoms. The van der Waals surface area contributed by atoms with Crippen LogP contribution < -0.4 is 10.2 Å². The Labute approximate surface area is 235 Å². The van der Waals surface area contributed by atoms with Gasteiger partial charge in [-0.25, -0.2) is 14.8 Å². The maximum atomic E-state index is 12.8. The van der Waals surface area contributed by atoms with Gasteiger partial charge in [-0.05, 0) is 65.7 Å². The third-order valence-corrected chi connectivity index (χ3v) is 7.03. The molecule has 3 aromatic rings. The lowest BCUT2D eigenvalue weighted by atomic mass is 10.2. The second-order valence-electron chi connectivity index (χ2n) is 11.2. The normalized spacial score (nSPS) is 18.6. The van der Waals surface area contributed by atoms with Crippen molar-refractivity contribution in [1.82, 2.24) is 29.6 Å². The van der Waals surface area contributed by atoms with Crippen molar-refractivity contribution in [3.63, 3.8) is 0 Å². The van der Waals surface area contributed by atoms with Crippen LogP contribution in [0, 0.1) is 6.92 Å². The molecule has 216 valence electrons. The minimum atomic E-state index is -0.531. The van der Waals surface area contributed by atoms with Crippen LogP contribution in [0.5, 0.6) is 0 Å². The fourth-order valence-electron chi connectivity index (χ4n) is 5.28. The van der Waals surface area contributed by atoms with Gasteiger partial charge in [0.25, 0.3) is 0 Å². The number of aromatic nitrogens is 5. The van der Waals surface area contributed by atoms with Crippen molar-refractivity contribution in [2.45, 2.75) is 78.8 Å². The van der Waals surface area contributed by atoms with Crippen LogP contribution in [0.4, 0.5) is 22.4 Å². The Hall–Kier alpha value is -3.51. The number of anilines is 3. The summed E-state index contributed by atoms with van der Waals surface area (Å²) in [5.74, 6) is 1.91. The topological polar surface area (TPSA) is 120 Å². The van der Waals surface area contributed by atoms with Gasteiger partial charge in [-0.15, -0.1) is 0 Å². The van der Waals surface area contributed by atoms with E-state index in [1.54, 1.807) is 6.20 Å². The maximum absolute atomic E-state index is 12.8. The largest absolute Gasteiger partial charge is 0.444 e. The zero-order chi connectivity index (χ0) is 28.4. The van der Waals surface area contributed by atoms with Crippen LogP contribution in [-0.2, 0) is 27.4 Å². The number of nitrogens with zero attached hydrogens (tertiary/aromatic N) is 7. The molecule has 40 heavy (non-hydrogen) atoms. The summed E-state index contributed by atoms with van der Waals surface area (Å²) in [5, 5.41) is 8.30. The molecule has 1 amide bonds. The van der Waals surface area contributed by atoms with E-state index in [1.165, 1.54) is 0 Å². The number of piperazine rings is 1. The molecule has 12 nitrogen and oxygen atoms in total. The van der Waals surface area contributed by atoms with E-state index in [1.807, 2.05) is 63.3 Å². The SMILES string of the molecule is CCOCCn1nc(COCC)c2nc(N3C[C@H]4C[C@@H]3CN4C(=O)OC(C)(C)C)nc(Nc3cc(C)ccn3)c21. The van der Waals surface area contributed by atoms with Gasteiger partial charge in [-0.2, -0.15) is 10.1 Å². The summed E-state index contributed by atoms with van der Waals surface area (Å²) in [4.78, 5) is 31.4. The quantitative estimate of drug-likeness (QED) is 0.369. The fourth-order valence-corrected chi connectivity index (χ4v) is 5.28. The molecular weight excluding hydrogens is 512 g/mol. The summed E-state index contributed by atoms with van der Waals surface area (Å²) in [7, 11) is 0. The zero-order valence-electron chi connectivity index (χ0n) is 24.3. The van der Waals surface area contributed by atoms with Crippen LogP contribution in [0.3, 0.4) is 0 Å². The summed E-state index contributed by atoms with van der Waals surface area (Å²) < 4.78 is 18.9. The molecule has 0 aromatic carbocycles. The van der Waals surface area contributed by atoms with Gasteiger partial charge >= 0.3 is 6.09 Å². The van der Waals surface area contributed by atoms with Crippen LogP contribution in [0.25, 0.3) is 11.0 Å². The number of pyridine rings is 1. The molecule has 5 rings (SSSR count). The van der Waals surface area contributed by atoms with E-state index >= 15 is 0 Å². The molecule has 5 heterocycles. The molecule has 0 saturated carbocycles. The number of hydrogen-bond acceptors (Lipinski definition) is 10. The number of likely N-dealkylation sites (tertiary alicyclic amines) is 1. The van der Waals surface area contributed by atoms with E-state index < -0.39 is 5.60 Å². The predicted molar refractivity (Wildman–Crippen MR) is 152 cm³/mol. The van der Waals surface area contributed by atoms with Crippen molar-refractivity contribution in [2.24, 2.45) is 0 Å². The summed E-state index contributed by atoms with van der Waals surface area (Å²) in [6.07, 6.45) is 2.36. The summed E-state index contributed by atoms with van der Waals surface area (Å²) >= 11 is 0. The Balaban J connectivity index is 1.51. The zero-order valence-corrected chi connectivity index (χ0v) is 24.3. The number of fused-ring (bicyclic) bond motifs is 3. The van der Waals surface area contributed by atoms with Gasteiger partial charge in [-0.1, -0.05) is 0 Å². The molecule has 2 atom stereocenters. The van der Waals surface area contributed by atoms with Crippen molar-refractivity contribution in [3.05, 3.63) is 29.6 Å². The molecule has 2 aliphatic rings. The first kappa shape index (κ1) is 28.0. The van der Waals surface area contributed by atoms with Crippen molar-refractivity contribution >= 4 is 34.7 Å². The van der Waals surface area contributed by atoms with Gasteiger partial charge in [0, 0.05) is 32.5 Å². The van der Waals surface area contributed by atoms with Gasteiger partial charge in [-0.3, -0.25) is 4.68 Å². The first-order chi connectivity index (χ1) is 19.2. The molecule has 2 saturated heterocycles. The molecule has 0 radical (unpaired) electrons. The van der Waals surface area contributed by atoms with Crippen molar-refractivity contribution in [3.8, 4) is 0 Å². The fraction of sp³-hybridized carbons (Fsp3) is 0.607. The molecule has 0 aliphatic carbocycles. The number of ether oxygens (including phenoxy) is 3. The molecule has 1 N–H and O–H groups in total. The van der Waals surface area contributed by atoms with Crippen LogP contribution in [0.1, 0.15) is 52.3 Å². The predicted octanol–water partition coefficient (Wildman–Crippen LogP) is 4.04. The monoisotopic (exact) mass is 552 g/mol. The minimum Gasteiger partial charge on any atom is -0.444 e. The Bertz CT molecular complexity index is 1350. The highest BCUT2D eigenvalue weighted by atomic mass is 16.6. The van der Waals surface area contributed by atoms with Gasteiger partial charge < -0.3 is 29.3 Å². The molecular formula is C28H40N8O4. The van der Waals surface area contributed by atoms with E-state index in [4.69, 9.17) is 29.3 Å². The smallest absolute Gasteiger partial charge is 0.410 e. The average molecular weight is 553 g/mol. The number of amides is 1. The van der Waals surface area contributed by atoms with Crippen LogP contribution >= 0.6 is 0 Å². The second kappa shape index (κ2) is 11.5. The molecule has 0 unspecified atom stereocenters. The van der Waals surface area contributed by atoms with E-state index in [-0.39, 0.29) is 18.2 Å². The summed E-state index contributed by atoms with van der Waals surface area (Å²) in [6, 6.07) is 4.08. The van der Waals surface area contributed by atoms with E-state index in [0.29, 0.717) is 63.6 Å². The van der Waals surface area contributed by atoms with E-state index in [9.17, 15) is 4.79 Å². The average Bonchev–Trinajstić information content (AvgIpc) is 3.60.